The van der Waals surface area contributed by atoms with E-state index in [1.165, 1.54) is 24.0 Å². The Balaban J connectivity index is 2.32. The first-order valence-corrected chi connectivity index (χ1v) is 10.3. The van der Waals surface area contributed by atoms with Crippen LogP contribution in [-0.2, 0) is 39.9 Å². The van der Waals surface area contributed by atoms with E-state index in [2.05, 4.69) is 4.74 Å². The van der Waals surface area contributed by atoms with Crippen molar-refractivity contribution in [1.82, 2.24) is 0 Å². The van der Waals surface area contributed by atoms with Crippen LogP contribution in [0.25, 0.3) is 5.57 Å². The normalized spacial score (nSPS) is 14.4. The highest BCUT2D eigenvalue weighted by atomic mass is 19.1. The van der Waals surface area contributed by atoms with Gasteiger partial charge in [-0.25, -0.2) is 18.8 Å². The first kappa shape index (κ1) is 24.4. The zero-order chi connectivity index (χ0) is 24.8. The van der Waals surface area contributed by atoms with Gasteiger partial charge in [-0.05, 0) is 30.7 Å². The number of rotatable bonds is 7. The van der Waals surface area contributed by atoms with E-state index in [0.717, 1.165) is 31.9 Å². The van der Waals surface area contributed by atoms with Crippen LogP contribution in [0.5, 0.6) is 0 Å². The van der Waals surface area contributed by atoms with Gasteiger partial charge < -0.3 is 19.1 Å². The van der Waals surface area contributed by atoms with Gasteiger partial charge in [0.15, 0.2) is 0 Å². The molecule has 0 aromatic heterocycles. The maximum Gasteiger partial charge on any atom is 0.339 e. The monoisotopic (exact) mass is 467 g/mol. The molecule has 34 heavy (non-hydrogen) atoms. The number of methoxy groups -OCH3 is 2. The molecule has 9 heteroatoms. The molecule has 1 heterocycles. The Labute approximate surface area is 195 Å². The minimum Gasteiger partial charge on any atom is -0.466 e. The number of hydrogen-bond acceptors (Lipinski definition) is 7. The van der Waals surface area contributed by atoms with Crippen LogP contribution in [0, 0.1) is 5.82 Å². The molecule has 8 nitrogen and oxygen atoms in total. The Morgan fingerprint density at radius 3 is 2.32 bits per heavy atom. The number of nitrogens with zero attached hydrogens (tertiary/aromatic N) is 1. The van der Waals surface area contributed by atoms with Crippen LogP contribution >= 0.6 is 0 Å². The van der Waals surface area contributed by atoms with Gasteiger partial charge in [0, 0.05) is 11.6 Å². The van der Waals surface area contributed by atoms with Crippen molar-refractivity contribution in [2.75, 3.05) is 25.7 Å². The maximum atomic E-state index is 14.3. The number of carbonyl (C=O) groups excluding carboxylic acids is 4. The van der Waals surface area contributed by atoms with Crippen LogP contribution in [0.4, 0.5) is 10.1 Å². The molecule has 0 fully saturated rings. The SMILES string of the molecule is CCOC(=O)C(/C(=C/C(=O)OC)C(=O)OC)=C1/C(=O)N(Cc2ccccc2)c2ccc(F)cc21. The molecule has 0 unspecified atom stereocenters. The fourth-order valence-corrected chi connectivity index (χ4v) is 3.54. The quantitative estimate of drug-likeness (QED) is 0.351. The van der Waals surface area contributed by atoms with Gasteiger partial charge in [0.05, 0.1) is 49.8 Å². The lowest BCUT2D eigenvalue weighted by molar-refractivity contribution is -0.141. The largest absolute Gasteiger partial charge is 0.466 e. The van der Waals surface area contributed by atoms with E-state index in [1.807, 2.05) is 18.2 Å². The van der Waals surface area contributed by atoms with Crippen LogP contribution < -0.4 is 4.90 Å². The van der Waals surface area contributed by atoms with Crippen LogP contribution in [0.15, 0.2) is 65.8 Å². The van der Waals surface area contributed by atoms with Gasteiger partial charge >= 0.3 is 17.9 Å². The molecule has 0 saturated heterocycles. The Hall–Kier alpha value is -4.27. The standard InChI is InChI=1S/C25H22FNO7/c1-4-34-25(31)22(18(24(30)33-3)13-20(28)32-2)21-17-12-16(26)10-11-19(17)27(23(21)29)14-15-8-6-5-7-9-15/h5-13H,4,14H2,1-3H3/b18-13-,22-21+. The third-order valence-electron chi connectivity index (χ3n) is 5.03. The molecule has 3 rings (SSSR count). The van der Waals surface area contributed by atoms with Crippen molar-refractivity contribution >= 4 is 35.1 Å². The zero-order valence-electron chi connectivity index (χ0n) is 18.8. The second-order valence-electron chi connectivity index (χ2n) is 7.08. The summed E-state index contributed by atoms with van der Waals surface area (Å²) in [5, 5.41) is 0. The Bertz CT molecular complexity index is 1200. The fraction of sp³-hybridized carbons (Fsp3) is 0.200. The van der Waals surface area contributed by atoms with Crippen molar-refractivity contribution < 1.29 is 37.8 Å². The first-order chi connectivity index (χ1) is 16.3. The number of benzene rings is 2. The molecular formula is C25H22FNO7. The molecule has 0 radical (unpaired) electrons. The van der Waals surface area contributed by atoms with Gasteiger partial charge in [0.1, 0.15) is 5.82 Å². The van der Waals surface area contributed by atoms with Crippen molar-refractivity contribution in [3.8, 4) is 0 Å². The number of amides is 1. The van der Waals surface area contributed by atoms with Crippen LogP contribution in [0.2, 0.25) is 0 Å². The predicted octanol–water partition coefficient (Wildman–Crippen LogP) is 2.96. The first-order valence-electron chi connectivity index (χ1n) is 10.3. The number of anilines is 1. The van der Waals surface area contributed by atoms with Crippen molar-refractivity contribution in [2.45, 2.75) is 13.5 Å². The molecule has 0 N–H and O–H groups in total. The molecule has 0 saturated carbocycles. The summed E-state index contributed by atoms with van der Waals surface area (Å²) in [5.74, 6) is -4.43. The molecule has 0 bridgehead atoms. The summed E-state index contributed by atoms with van der Waals surface area (Å²) in [7, 11) is 2.13. The smallest absolute Gasteiger partial charge is 0.339 e. The van der Waals surface area contributed by atoms with Gasteiger partial charge in [-0.15, -0.1) is 0 Å². The average Bonchev–Trinajstić information content (AvgIpc) is 3.09. The lowest BCUT2D eigenvalue weighted by atomic mass is 9.94. The van der Waals surface area contributed by atoms with E-state index in [0.29, 0.717) is 5.69 Å². The van der Waals surface area contributed by atoms with Crippen molar-refractivity contribution in [2.24, 2.45) is 0 Å². The molecule has 176 valence electrons. The van der Waals surface area contributed by atoms with E-state index in [9.17, 15) is 23.6 Å². The Kier molecular flexibility index (Phi) is 7.57. The van der Waals surface area contributed by atoms with Gasteiger partial charge in [0.25, 0.3) is 5.91 Å². The molecule has 1 aliphatic rings. The topological polar surface area (TPSA) is 99.2 Å². The number of halogens is 1. The number of carbonyl (C=O) groups is 4. The molecular weight excluding hydrogens is 445 g/mol. The number of hydrogen-bond donors (Lipinski definition) is 0. The summed E-state index contributed by atoms with van der Waals surface area (Å²) >= 11 is 0. The summed E-state index contributed by atoms with van der Waals surface area (Å²) in [6.45, 7) is 1.57. The lowest BCUT2D eigenvalue weighted by Crippen LogP contribution is -2.28. The van der Waals surface area contributed by atoms with Gasteiger partial charge in [-0.2, -0.15) is 0 Å². The van der Waals surface area contributed by atoms with E-state index in [1.54, 1.807) is 12.1 Å². The van der Waals surface area contributed by atoms with Gasteiger partial charge in [0.2, 0.25) is 0 Å². The molecule has 0 atom stereocenters. The minimum absolute atomic E-state index is 0.0728. The highest BCUT2D eigenvalue weighted by Gasteiger charge is 2.40. The highest BCUT2D eigenvalue weighted by molar-refractivity contribution is 6.38. The van der Waals surface area contributed by atoms with Crippen LogP contribution in [-0.4, -0.2) is 44.6 Å². The van der Waals surface area contributed by atoms with Crippen molar-refractivity contribution in [1.29, 1.82) is 0 Å². The number of fused-ring (bicyclic) bond motifs is 1. The van der Waals surface area contributed by atoms with E-state index in [-0.39, 0.29) is 24.3 Å². The second kappa shape index (κ2) is 10.6. The molecule has 1 amide bonds. The number of esters is 3. The average molecular weight is 467 g/mol. The van der Waals surface area contributed by atoms with Crippen LogP contribution in [0.3, 0.4) is 0 Å². The Morgan fingerprint density at radius 1 is 1.00 bits per heavy atom. The molecule has 2 aromatic rings. The summed E-state index contributed by atoms with van der Waals surface area (Å²) in [6.07, 6.45) is 0.733. The Morgan fingerprint density at radius 2 is 1.71 bits per heavy atom. The molecule has 0 aliphatic carbocycles. The number of ether oxygens (including phenoxy) is 3. The summed E-state index contributed by atoms with van der Waals surface area (Å²) in [5.41, 5.74) is -0.176. The highest BCUT2D eigenvalue weighted by Crippen LogP contribution is 2.41. The summed E-state index contributed by atoms with van der Waals surface area (Å²) in [4.78, 5) is 52.6. The van der Waals surface area contributed by atoms with Gasteiger partial charge in [-0.3, -0.25) is 4.79 Å². The second-order valence-corrected chi connectivity index (χ2v) is 7.08. The molecule has 1 aliphatic heterocycles. The summed E-state index contributed by atoms with van der Waals surface area (Å²) in [6, 6.07) is 12.7. The maximum absolute atomic E-state index is 14.3. The predicted molar refractivity (Wildman–Crippen MR) is 120 cm³/mol. The third-order valence-corrected chi connectivity index (χ3v) is 5.03. The fourth-order valence-electron chi connectivity index (χ4n) is 3.54. The third kappa shape index (κ3) is 4.88. The van der Waals surface area contributed by atoms with E-state index >= 15 is 0 Å². The van der Waals surface area contributed by atoms with Crippen molar-refractivity contribution in [3.63, 3.8) is 0 Å². The van der Waals surface area contributed by atoms with Crippen molar-refractivity contribution in [3.05, 3.63) is 82.7 Å². The zero-order valence-corrected chi connectivity index (χ0v) is 18.8. The van der Waals surface area contributed by atoms with E-state index < -0.39 is 40.8 Å². The lowest BCUT2D eigenvalue weighted by Gasteiger charge is -2.17. The molecule has 2 aromatic carbocycles. The van der Waals surface area contributed by atoms with Gasteiger partial charge in [-0.1, -0.05) is 30.3 Å². The van der Waals surface area contributed by atoms with Crippen LogP contribution in [0.1, 0.15) is 18.1 Å². The molecule has 0 spiro atoms. The minimum atomic E-state index is -1.08. The summed E-state index contributed by atoms with van der Waals surface area (Å²) < 4.78 is 28.7. The van der Waals surface area contributed by atoms with E-state index in [4.69, 9.17) is 9.47 Å².